The molecule has 5 nitrogen and oxygen atoms in total. The van der Waals surface area contributed by atoms with E-state index in [2.05, 4.69) is 57.1 Å². The number of aromatic amines is 1. The summed E-state index contributed by atoms with van der Waals surface area (Å²) in [5.41, 5.74) is 5.43. The average molecular weight is 447 g/mol. The van der Waals surface area contributed by atoms with Crippen molar-refractivity contribution in [3.05, 3.63) is 33.4 Å². The number of hydrogen-bond donors (Lipinski definition) is 2. The molecule has 1 aromatic carbocycles. The third-order valence-corrected chi connectivity index (χ3v) is 7.19. The lowest BCUT2D eigenvalue weighted by Gasteiger charge is -2.47. The number of piperidine rings is 1. The Hall–Kier alpha value is -1.53. The van der Waals surface area contributed by atoms with Crippen LogP contribution in [0.4, 0.5) is 4.79 Å². The lowest BCUT2D eigenvalue weighted by Crippen LogP contribution is -2.57. The summed E-state index contributed by atoms with van der Waals surface area (Å²) in [7, 11) is 0. The van der Waals surface area contributed by atoms with Gasteiger partial charge in [-0.05, 0) is 63.4 Å². The number of nitrogens with one attached hydrogen (secondary N) is 2. The Bertz CT molecular complexity index is 888. The molecule has 3 atom stereocenters. The van der Waals surface area contributed by atoms with Gasteiger partial charge in [0.25, 0.3) is 0 Å². The van der Waals surface area contributed by atoms with E-state index >= 15 is 0 Å². The number of urea groups is 1. The molecule has 1 aromatic heterocycles. The SMILES string of the molecule is CCN(CC)C(=O)NC1CC2c3cc(Br)cc4[nH]c(C)c(c34)CC2N(CC)C1. The molecule has 152 valence electrons. The zero-order valence-electron chi connectivity index (χ0n) is 17.3. The van der Waals surface area contributed by atoms with E-state index in [0.717, 1.165) is 43.5 Å². The minimum Gasteiger partial charge on any atom is -0.358 e. The molecule has 1 aliphatic heterocycles. The van der Waals surface area contributed by atoms with Gasteiger partial charge in [-0.2, -0.15) is 0 Å². The van der Waals surface area contributed by atoms with Crippen LogP contribution in [-0.2, 0) is 6.42 Å². The molecule has 2 heterocycles. The van der Waals surface area contributed by atoms with Crippen LogP contribution >= 0.6 is 15.9 Å². The molecule has 2 aromatic rings. The molecule has 4 rings (SSSR count). The number of aryl methyl sites for hydroxylation is 1. The number of likely N-dealkylation sites (N-methyl/N-ethyl adjacent to an activating group) is 1. The number of fused-ring (bicyclic) bond motifs is 2. The third-order valence-electron chi connectivity index (χ3n) is 6.73. The van der Waals surface area contributed by atoms with Gasteiger partial charge >= 0.3 is 6.03 Å². The molecular weight excluding hydrogens is 416 g/mol. The minimum atomic E-state index is 0.0675. The van der Waals surface area contributed by atoms with Gasteiger partial charge in [0.15, 0.2) is 0 Å². The molecule has 0 saturated carbocycles. The number of likely N-dealkylation sites (tertiary alicyclic amines) is 1. The van der Waals surface area contributed by atoms with Gasteiger partial charge in [-0.15, -0.1) is 0 Å². The van der Waals surface area contributed by atoms with Crippen LogP contribution in [0, 0.1) is 6.92 Å². The highest BCUT2D eigenvalue weighted by Gasteiger charge is 2.41. The molecule has 0 radical (unpaired) electrons. The number of halogens is 1. The minimum absolute atomic E-state index is 0.0675. The first-order valence-electron chi connectivity index (χ1n) is 10.6. The van der Waals surface area contributed by atoms with Gasteiger partial charge in [-0.3, -0.25) is 4.90 Å². The highest BCUT2D eigenvalue weighted by molar-refractivity contribution is 9.10. The van der Waals surface area contributed by atoms with Crippen LogP contribution in [0.3, 0.4) is 0 Å². The van der Waals surface area contributed by atoms with E-state index in [0.29, 0.717) is 12.0 Å². The van der Waals surface area contributed by atoms with Crippen molar-refractivity contribution in [2.75, 3.05) is 26.2 Å². The predicted molar refractivity (Wildman–Crippen MR) is 118 cm³/mol. The Balaban J connectivity index is 1.68. The van der Waals surface area contributed by atoms with E-state index in [1.54, 1.807) is 0 Å². The van der Waals surface area contributed by atoms with E-state index in [1.165, 1.54) is 27.7 Å². The van der Waals surface area contributed by atoms with Crippen LogP contribution in [0.1, 0.15) is 49.9 Å². The fraction of sp³-hybridized carbons (Fsp3) is 0.591. The Morgan fingerprint density at radius 2 is 2.07 bits per heavy atom. The summed E-state index contributed by atoms with van der Waals surface area (Å²) in [6.07, 6.45) is 2.10. The Kier molecular flexibility index (Phi) is 5.45. The van der Waals surface area contributed by atoms with Crippen molar-refractivity contribution >= 4 is 32.9 Å². The maximum atomic E-state index is 12.7. The highest BCUT2D eigenvalue weighted by Crippen LogP contribution is 2.45. The molecule has 28 heavy (non-hydrogen) atoms. The normalized spacial score (nSPS) is 24.2. The molecule has 2 aliphatic rings. The second kappa shape index (κ2) is 7.71. The molecule has 1 saturated heterocycles. The van der Waals surface area contributed by atoms with Crippen LogP contribution in [0.2, 0.25) is 0 Å². The molecule has 0 spiro atoms. The summed E-state index contributed by atoms with van der Waals surface area (Å²) in [6, 6.07) is 5.25. The quantitative estimate of drug-likeness (QED) is 0.731. The fourth-order valence-corrected chi connectivity index (χ4v) is 5.82. The van der Waals surface area contributed by atoms with Crippen molar-refractivity contribution in [1.82, 2.24) is 20.1 Å². The van der Waals surface area contributed by atoms with Crippen LogP contribution in [0.25, 0.3) is 10.9 Å². The predicted octanol–water partition coefficient (Wildman–Crippen LogP) is 4.39. The second-order valence-corrected chi connectivity index (χ2v) is 9.08. The zero-order valence-corrected chi connectivity index (χ0v) is 18.9. The fourth-order valence-electron chi connectivity index (χ4n) is 5.35. The van der Waals surface area contributed by atoms with Gasteiger partial charge in [0.2, 0.25) is 0 Å². The molecule has 1 aliphatic carbocycles. The topological polar surface area (TPSA) is 51.4 Å². The van der Waals surface area contributed by atoms with Gasteiger partial charge in [0.05, 0.1) is 0 Å². The first-order chi connectivity index (χ1) is 13.5. The van der Waals surface area contributed by atoms with E-state index in [9.17, 15) is 4.79 Å². The summed E-state index contributed by atoms with van der Waals surface area (Å²) in [5.74, 6) is 0.443. The maximum absolute atomic E-state index is 12.7. The first-order valence-corrected chi connectivity index (χ1v) is 11.4. The maximum Gasteiger partial charge on any atom is 0.317 e. The zero-order chi connectivity index (χ0) is 20.0. The van der Waals surface area contributed by atoms with E-state index in [-0.39, 0.29) is 12.1 Å². The summed E-state index contributed by atoms with van der Waals surface area (Å²) >= 11 is 3.71. The molecular formula is C22H31BrN4O. The number of amides is 2. The summed E-state index contributed by atoms with van der Waals surface area (Å²) < 4.78 is 1.13. The monoisotopic (exact) mass is 446 g/mol. The van der Waals surface area contributed by atoms with Gasteiger partial charge < -0.3 is 15.2 Å². The number of carbonyl (C=O) groups excluding carboxylic acids is 1. The van der Waals surface area contributed by atoms with Gasteiger partial charge in [-0.25, -0.2) is 4.79 Å². The number of hydrogen-bond acceptors (Lipinski definition) is 2. The average Bonchev–Trinajstić information content (AvgIpc) is 2.98. The number of rotatable bonds is 4. The molecule has 3 unspecified atom stereocenters. The molecule has 2 amide bonds. The lowest BCUT2D eigenvalue weighted by molar-refractivity contribution is 0.103. The standard InChI is InChI=1S/C22H31BrN4O/c1-5-26(6-2)22(28)25-15-10-17-18-8-14(23)9-19-21(18)16(13(4)24-19)11-20(17)27(7-3)12-15/h8-9,15,17,20,24H,5-7,10-12H2,1-4H3,(H,25,28). The van der Waals surface area contributed by atoms with Crippen LogP contribution < -0.4 is 5.32 Å². The Morgan fingerprint density at radius 3 is 2.75 bits per heavy atom. The molecule has 0 bridgehead atoms. The summed E-state index contributed by atoms with van der Waals surface area (Å²) in [4.78, 5) is 20.7. The van der Waals surface area contributed by atoms with Crippen LogP contribution in [-0.4, -0.2) is 59.1 Å². The van der Waals surface area contributed by atoms with Crippen molar-refractivity contribution in [3.63, 3.8) is 0 Å². The van der Waals surface area contributed by atoms with Crippen LogP contribution in [0.15, 0.2) is 16.6 Å². The van der Waals surface area contributed by atoms with Crippen LogP contribution in [0.5, 0.6) is 0 Å². The van der Waals surface area contributed by atoms with Gasteiger partial charge in [0.1, 0.15) is 0 Å². The number of nitrogens with zero attached hydrogens (tertiary/aromatic N) is 2. The smallest absolute Gasteiger partial charge is 0.317 e. The third kappa shape index (κ3) is 3.24. The van der Waals surface area contributed by atoms with Crippen molar-refractivity contribution < 1.29 is 4.79 Å². The molecule has 6 heteroatoms. The molecule has 2 N–H and O–H groups in total. The second-order valence-electron chi connectivity index (χ2n) is 8.17. The van der Waals surface area contributed by atoms with Gasteiger partial charge in [-0.1, -0.05) is 22.9 Å². The van der Waals surface area contributed by atoms with E-state index in [4.69, 9.17) is 0 Å². The summed E-state index contributed by atoms with van der Waals surface area (Å²) in [5, 5.41) is 4.73. The Labute approximate surface area is 176 Å². The number of carbonyl (C=O) groups is 1. The van der Waals surface area contributed by atoms with Gasteiger partial charge in [0, 0.05) is 58.7 Å². The van der Waals surface area contributed by atoms with Crippen molar-refractivity contribution in [2.24, 2.45) is 0 Å². The van der Waals surface area contributed by atoms with Crippen molar-refractivity contribution in [1.29, 1.82) is 0 Å². The van der Waals surface area contributed by atoms with E-state index in [1.807, 2.05) is 18.7 Å². The number of benzene rings is 1. The first kappa shape index (κ1) is 19.8. The van der Waals surface area contributed by atoms with E-state index < -0.39 is 0 Å². The summed E-state index contributed by atoms with van der Waals surface area (Å²) in [6.45, 7) is 11.9. The lowest BCUT2D eigenvalue weighted by atomic mass is 9.73. The molecule has 1 fully saturated rings. The largest absolute Gasteiger partial charge is 0.358 e. The van der Waals surface area contributed by atoms with Crippen molar-refractivity contribution in [3.8, 4) is 0 Å². The van der Waals surface area contributed by atoms with Crippen molar-refractivity contribution in [2.45, 2.75) is 58.5 Å². The number of aromatic nitrogens is 1. The number of H-pyrrole nitrogens is 1. The Morgan fingerprint density at radius 1 is 1.32 bits per heavy atom. The highest BCUT2D eigenvalue weighted by atomic mass is 79.9.